The van der Waals surface area contributed by atoms with E-state index in [1.54, 1.807) is 9.80 Å². The Labute approximate surface area is 378 Å². The third-order valence-electron chi connectivity index (χ3n) is 13.7. The van der Waals surface area contributed by atoms with Crippen molar-refractivity contribution in [3.8, 4) is 22.3 Å². The first-order valence-corrected chi connectivity index (χ1v) is 22.8. The highest BCUT2D eigenvalue weighted by Gasteiger charge is 2.41. The van der Waals surface area contributed by atoms with Gasteiger partial charge in [0.2, 0.25) is 11.8 Å². The van der Waals surface area contributed by atoms with E-state index in [-0.39, 0.29) is 41.7 Å². The summed E-state index contributed by atoms with van der Waals surface area (Å²) in [4.78, 5) is 71.9. The highest BCUT2D eigenvalue weighted by molar-refractivity contribution is 5.89. The second-order valence-electron chi connectivity index (χ2n) is 18.6. The Morgan fingerprint density at radius 3 is 1.63 bits per heavy atom. The lowest BCUT2D eigenvalue weighted by molar-refractivity contribution is -0.143. The molecule has 2 saturated heterocycles. The van der Waals surface area contributed by atoms with Crippen LogP contribution in [0, 0.1) is 11.8 Å². The molecule has 0 saturated carbocycles. The molecule has 6 aromatic rings. The molecule has 6 aliphatic rings. The number of hydrogen-bond donors (Lipinski definition) is 4. The van der Waals surface area contributed by atoms with E-state index in [1.807, 2.05) is 27.7 Å². The van der Waals surface area contributed by atoms with E-state index >= 15 is 0 Å². The number of carbonyl (C=O) groups excluding carboxylic acids is 4. The van der Waals surface area contributed by atoms with E-state index in [9.17, 15) is 19.2 Å². The third-order valence-corrected chi connectivity index (χ3v) is 13.7. The number of likely N-dealkylation sites (tertiary alicyclic amines) is 2. The maximum absolute atomic E-state index is 13.6. The number of aromatic amines is 2. The Hall–Kier alpha value is -6.70. The Bertz CT molecular complexity index is 2810. The number of rotatable bonds is 10. The van der Waals surface area contributed by atoms with Crippen molar-refractivity contribution in [1.82, 2.24) is 40.4 Å². The average Bonchev–Trinajstić information content (AvgIpc) is 3.87. The lowest BCUT2D eigenvalue weighted by Gasteiger charge is -2.42. The van der Waals surface area contributed by atoms with Gasteiger partial charge < -0.3 is 39.9 Å². The number of carbonyl (C=O) groups is 4. The van der Waals surface area contributed by atoms with Gasteiger partial charge in [0.1, 0.15) is 23.7 Å². The van der Waals surface area contributed by atoms with Gasteiger partial charge in [-0.3, -0.25) is 9.59 Å². The maximum atomic E-state index is 13.6. The monoisotopic (exact) mass is 878 g/mol. The summed E-state index contributed by atoms with van der Waals surface area (Å²) >= 11 is 0. The molecule has 5 atom stereocenters. The molecule has 12 rings (SSSR count). The molecule has 65 heavy (non-hydrogen) atoms. The van der Waals surface area contributed by atoms with Gasteiger partial charge in [-0.25, -0.2) is 19.6 Å². The highest BCUT2D eigenvalue weighted by atomic mass is 16.5. The molecule has 4 aliphatic carbocycles. The summed E-state index contributed by atoms with van der Waals surface area (Å²) in [6, 6.07) is 24.9. The average molecular weight is 879 g/mol. The van der Waals surface area contributed by atoms with Gasteiger partial charge in [-0.1, -0.05) is 83.1 Å². The van der Waals surface area contributed by atoms with Crippen molar-refractivity contribution < 1.29 is 28.7 Å². The first-order chi connectivity index (χ1) is 31.3. The van der Waals surface area contributed by atoms with Crippen LogP contribution in [0.2, 0.25) is 0 Å². The number of aromatic nitrogens is 4. The van der Waals surface area contributed by atoms with E-state index in [4.69, 9.17) is 19.4 Å². The number of aryl methyl sites for hydroxylation is 2. The van der Waals surface area contributed by atoms with E-state index in [2.05, 4.69) is 100 Å². The summed E-state index contributed by atoms with van der Waals surface area (Å²) in [7, 11) is 2.60. The Morgan fingerprint density at radius 2 is 1.15 bits per heavy atom. The zero-order valence-electron chi connectivity index (χ0n) is 38.2. The Balaban J connectivity index is 0.945. The van der Waals surface area contributed by atoms with Gasteiger partial charge in [0.25, 0.3) is 0 Å². The number of benzene rings is 4. The maximum Gasteiger partial charge on any atom is 0.407 e. The quantitative estimate of drug-likeness (QED) is 0.106. The van der Waals surface area contributed by atoms with Crippen molar-refractivity contribution in [3.63, 3.8) is 0 Å². The number of fused-ring (bicyclic) bond motifs is 2. The van der Waals surface area contributed by atoms with Crippen LogP contribution in [0.15, 0.2) is 72.8 Å². The van der Waals surface area contributed by atoms with Crippen molar-refractivity contribution in [2.75, 3.05) is 27.3 Å². The predicted molar refractivity (Wildman–Crippen MR) is 249 cm³/mol. The van der Waals surface area contributed by atoms with Crippen molar-refractivity contribution in [3.05, 3.63) is 107 Å². The van der Waals surface area contributed by atoms with Crippen LogP contribution < -0.4 is 10.6 Å². The van der Waals surface area contributed by atoms with Gasteiger partial charge in [0.15, 0.2) is 0 Å². The molecule has 0 spiro atoms. The van der Waals surface area contributed by atoms with Crippen LogP contribution in [0.1, 0.15) is 99.4 Å². The van der Waals surface area contributed by atoms with Crippen LogP contribution in [0.4, 0.5) is 9.59 Å². The zero-order valence-corrected chi connectivity index (χ0v) is 38.2. The normalized spacial score (nSPS) is 19.1. The first-order valence-electron chi connectivity index (χ1n) is 22.8. The molecule has 4 aromatic carbocycles. The molecule has 2 aromatic heterocycles. The number of alkyl carbamates (subject to hydrolysis) is 2. The standard InChI is InChI=1S/C51H58N8O6/c1-27(2)44(56-50(62)64-6)48(60)58-20-18-42(58)46-52-38-16-14-34(25-40(38)54-46)36-23-30-8-10-31-12-13-32(29(5)22-33(36)11-9-30)24-37(31)35-15-17-39-41(26-35)55-47(53-39)43-19-21-59(43)49(61)45(28(3)4)57-51(63)65-7/h9,11-17,23-29,42-45H,8,10,18-22H2,1-7H3,(H,52,54)(H,53,55)(H,56,62)(H,57,63)/t29-,42+,43+,44+,45+/m1/s1. The fourth-order valence-corrected chi connectivity index (χ4v) is 9.67. The second kappa shape index (κ2) is 17.7. The Kier molecular flexibility index (Phi) is 11.9. The minimum Gasteiger partial charge on any atom is -0.453 e. The number of imidazole rings is 2. The topological polar surface area (TPSA) is 175 Å². The molecule has 2 fully saturated rings. The summed E-state index contributed by atoms with van der Waals surface area (Å²) in [6.07, 6.45) is 2.89. The van der Waals surface area contributed by atoms with Crippen molar-refractivity contribution in [1.29, 1.82) is 0 Å². The SMILES string of the molecule is COC(=O)N[C@H](C(=O)N1CC[C@H]1c1nc2cc(-c3cc4ccc3CCc3ccc(c(-c5ccc6[nH]c([C@@H]7CCN7C(=O)[C@@H](NC(=O)OC)C(C)C)nc6c5)c3)C[C@H]4C)ccc2[nH]1)C(C)C. The van der Waals surface area contributed by atoms with Gasteiger partial charge in [-0.2, -0.15) is 0 Å². The Morgan fingerprint density at radius 1 is 0.646 bits per heavy atom. The number of amides is 4. The van der Waals surface area contributed by atoms with Crippen LogP contribution in [-0.2, 0) is 38.3 Å². The van der Waals surface area contributed by atoms with Crippen LogP contribution in [0.25, 0.3) is 44.3 Å². The van der Waals surface area contributed by atoms with Crippen LogP contribution in [-0.4, -0.2) is 93.1 Å². The largest absolute Gasteiger partial charge is 0.453 e. The molecule has 4 bridgehead atoms. The molecule has 14 heteroatoms. The lowest BCUT2D eigenvalue weighted by atomic mass is 9.84. The molecule has 4 N–H and O–H groups in total. The lowest BCUT2D eigenvalue weighted by Crippen LogP contribution is -2.56. The van der Waals surface area contributed by atoms with Gasteiger partial charge in [0.05, 0.1) is 48.4 Å². The van der Waals surface area contributed by atoms with Crippen molar-refractivity contribution in [2.45, 2.75) is 96.8 Å². The molecular formula is C51H58N8O6. The first kappa shape index (κ1) is 43.5. The van der Waals surface area contributed by atoms with Gasteiger partial charge in [-0.05, 0) is 119 Å². The molecule has 4 amide bonds. The number of hydrogen-bond acceptors (Lipinski definition) is 8. The van der Waals surface area contributed by atoms with Crippen LogP contribution in [0.5, 0.6) is 0 Å². The van der Waals surface area contributed by atoms with E-state index < -0.39 is 24.3 Å². The number of methoxy groups -OCH3 is 2. The summed E-state index contributed by atoms with van der Waals surface area (Å²) in [6.45, 7) is 11.1. The number of nitrogens with zero attached hydrogens (tertiary/aromatic N) is 4. The van der Waals surface area contributed by atoms with Gasteiger partial charge in [-0.15, -0.1) is 0 Å². The summed E-state index contributed by atoms with van der Waals surface area (Å²) in [5.41, 5.74) is 13.2. The minimum atomic E-state index is -0.687. The summed E-state index contributed by atoms with van der Waals surface area (Å²) < 4.78 is 9.58. The van der Waals surface area contributed by atoms with Crippen LogP contribution >= 0.6 is 0 Å². The van der Waals surface area contributed by atoms with Crippen molar-refractivity contribution >= 4 is 46.1 Å². The molecule has 0 radical (unpaired) electrons. The van der Waals surface area contributed by atoms with Gasteiger partial charge >= 0.3 is 12.2 Å². The smallest absolute Gasteiger partial charge is 0.407 e. The van der Waals surface area contributed by atoms with Crippen LogP contribution in [0.3, 0.4) is 0 Å². The number of nitrogens with one attached hydrogen (secondary N) is 4. The molecule has 2 aliphatic heterocycles. The molecular weight excluding hydrogens is 821 g/mol. The van der Waals surface area contributed by atoms with Crippen molar-refractivity contribution in [2.24, 2.45) is 11.8 Å². The summed E-state index contributed by atoms with van der Waals surface area (Å²) in [5, 5.41) is 5.42. The second-order valence-corrected chi connectivity index (χ2v) is 18.6. The molecule has 4 heterocycles. The molecule has 0 unspecified atom stereocenters. The predicted octanol–water partition coefficient (Wildman–Crippen LogP) is 8.53. The minimum absolute atomic E-state index is 0.106. The van der Waals surface area contributed by atoms with E-state index in [0.717, 1.165) is 76.9 Å². The fraction of sp³-hybridized carbons (Fsp3) is 0.412. The fourth-order valence-electron chi connectivity index (χ4n) is 9.67. The zero-order chi connectivity index (χ0) is 45.7. The third kappa shape index (κ3) is 8.42. The number of H-pyrrole nitrogens is 2. The highest BCUT2D eigenvalue weighted by Crippen LogP contribution is 2.39. The summed E-state index contributed by atoms with van der Waals surface area (Å²) in [5.74, 6) is 1.23. The van der Waals surface area contributed by atoms with Gasteiger partial charge in [0, 0.05) is 13.1 Å². The van der Waals surface area contributed by atoms with E-state index in [1.165, 1.54) is 47.6 Å². The number of ether oxygens (including phenoxy) is 2. The van der Waals surface area contributed by atoms with E-state index in [0.29, 0.717) is 13.1 Å². The molecule has 14 nitrogen and oxygen atoms in total. The molecule has 338 valence electrons.